The molecule has 1 aromatic heterocycles. The minimum atomic E-state index is -0.772. The number of carbonyl (C=O) groups excluding carboxylic acids is 1. The molecule has 4 rings (SSSR count). The van der Waals surface area contributed by atoms with Crippen molar-refractivity contribution in [2.75, 3.05) is 13.1 Å². The lowest BCUT2D eigenvalue weighted by Crippen LogP contribution is -2.46. The molecule has 0 N–H and O–H groups in total. The van der Waals surface area contributed by atoms with Gasteiger partial charge in [0.1, 0.15) is 5.82 Å². The fourth-order valence-corrected chi connectivity index (χ4v) is 3.51. The second-order valence-electron chi connectivity index (χ2n) is 7.04. The highest BCUT2D eigenvalue weighted by molar-refractivity contribution is 6.30. The fraction of sp³-hybridized carbons (Fsp3) is 0.238. The average Bonchev–Trinajstić information content (AvgIpc) is 3.28. The van der Waals surface area contributed by atoms with Crippen LogP contribution in [0.15, 0.2) is 58.1 Å². The van der Waals surface area contributed by atoms with Crippen LogP contribution in [-0.4, -0.2) is 38.2 Å². The van der Waals surface area contributed by atoms with E-state index in [0.717, 1.165) is 22.1 Å². The highest BCUT2D eigenvalue weighted by Gasteiger charge is 2.26. The van der Waals surface area contributed by atoms with Gasteiger partial charge in [-0.2, -0.15) is 9.78 Å². The van der Waals surface area contributed by atoms with Crippen LogP contribution in [0, 0.1) is 5.82 Å². The minimum Gasteiger partial charge on any atom is -0.337 e. The van der Waals surface area contributed by atoms with E-state index in [1.54, 1.807) is 29.2 Å². The lowest BCUT2D eigenvalue weighted by molar-refractivity contribution is 0.0781. The van der Waals surface area contributed by atoms with E-state index in [-0.39, 0.29) is 12.2 Å². The zero-order valence-corrected chi connectivity index (χ0v) is 16.7. The highest BCUT2D eigenvalue weighted by atomic mass is 35.5. The number of benzene rings is 2. The van der Waals surface area contributed by atoms with E-state index in [2.05, 4.69) is 5.10 Å². The first-order valence-corrected chi connectivity index (χ1v) is 9.85. The molecule has 30 heavy (non-hydrogen) atoms. The summed E-state index contributed by atoms with van der Waals surface area (Å²) in [6, 6.07) is 11.8. The maximum absolute atomic E-state index is 13.2. The van der Waals surface area contributed by atoms with Crippen molar-refractivity contribution in [3.05, 3.63) is 91.5 Å². The molecule has 9 heteroatoms. The van der Waals surface area contributed by atoms with Crippen LogP contribution in [0.25, 0.3) is 5.69 Å². The SMILES string of the molecule is O=C(c1nn(-c2ccc(Cl)cc2)c(=O)n(Cc2ccc(F)cc2)c1=O)N1CCCC1. The maximum atomic E-state index is 13.2. The van der Waals surface area contributed by atoms with Gasteiger partial charge in [-0.3, -0.25) is 14.2 Å². The van der Waals surface area contributed by atoms with Crippen molar-refractivity contribution in [2.24, 2.45) is 0 Å². The van der Waals surface area contributed by atoms with Gasteiger partial charge in [-0.15, -0.1) is 0 Å². The lowest BCUT2D eigenvalue weighted by Gasteiger charge is -2.16. The van der Waals surface area contributed by atoms with Gasteiger partial charge in [0, 0.05) is 18.1 Å². The molecule has 1 aliphatic heterocycles. The predicted octanol–water partition coefficient (Wildman–Crippen LogP) is 2.47. The molecule has 0 spiro atoms. The Labute approximate surface area is 175 Å². The molecule has 154 valence electrons. The zero-order chi connectivity index (χ0) is 21.3. The third-order valence-electron chi connectivity index (χ3n) is 4.98. The van der Waals surface area contributed by atoms with Gasteiger partial charge < -0.3 is 4.90 Å². The summed E-state index contributed by atoms with van der Waals surface area (Å²) >= 11 is 5.93. The van der Waals surface area contributed by atoms with Crippen molar-refractivity contribution in [3.8, 4) is 5.69 Å². The standard InChI is InChI=1S/C21H18ClFN4O3/c22-15-5-9-17(10-6-15)27-21(30)26(13-14-3-7-16(23)8-4-14)20(29)18(24-27)19(28)25-11-1-2-12-25/h3-10H,1-2,11-13H2. The normalized spacial score (nSPS) is 13.6. The molecular weight excluding hydrogens is 411 g/mol. The Balaban J connectivity index is 1.87. The second-order valence-corrected chi connectivity index (χ2v) is 7.47. The highest BCUT2D eigenvalue weighted by Crippen LogP contribution is 2.13. The topological polar surface area (TPSA) is 77.2 Å². The number of rotatable bonds is 4. The second kappa shape index (κ2) is 8.23. The van der Waals surface area contributed by atoms with Crippen LogP contribution < -0.4 is 11.2 Å². The quantitative estimate of drug-likeness (QED) is 0.639. The Hall–Kier alpha value is -3.26. The zero-order valence-electron chi connectivity index (χ0n) is 15.9. The molecule has 0 unspecified atom stereocenters. The molecule has 1 aliphatic rings. The summed E-state index contributed by atoms with van der Waals surface area (Å²) in [5.74, 6) is -0.933. The van der Waals surface area contributed by atoms with Gasteiger partial charge in [0.2, 0.25) is 5.69 Å². The first-order chi connectivity index (χ1) is 14.4. The van der Waals surface area contributed by atoms with Crippen LogP contribution in [0.4, 0.5) is 4.39 Å². The number of amides is 1. The summed E-state index contributed by atoms with van der Waals surface area (Å²) in [5, 5.41) is 4.58. The van der Waals surface area contributed by atoms with Gasteiger partial charge in [-0.25, -0.2) is 9.18 Å². The number of hydrogen-bond acceptors (Lipinski definition) is 4. The van der Waals surface area contributed by atoms with E-state index in [0.29, 0.717) is 29.4 Å². The summed E-state index contributed by atoms with van der Waals surface area (Å²) in [5.41, 5.74) is -0.888. The summed E-state index contributed by atoms with van der Waals surface area (Å²) in [6.07, 6.45) is 1.71. The van der Waals surface area contributed by atoms with E-state index in [1.807, 2.05) is 0 Å². The van der Waals surface area contributed by atoms with E-state index in [9.17, 15) is 18.8 Å². The largest absolute Gasteiger partial charge is 0.352 e. The molecule has 3 aromatic rings. The first kappa shape index (κ1) is 20.0. The molecule has 2 heterocycles. The van der Waals surface area contributed by atoms with E-state index in [4.69, 9.17) is 11.6 Å². The molecule has 0 bridgehead atoms. The third kappa shape index (κ3) is 3.91. The Morgan fingerprint density at radius 1 is 1.00 bits per heavy atom. The van der Waals surface area contributed by atoms with Crippen LogP contribution in [0.2, 0.25) is 5.02 Å². The number of hydrogen-bond donors (Lipinski definition) is 0. The van der Waals surface area contributed by atoms with Crippen molar-refractivity contribution in [1.29, 1.82) is 0 Å². The Morgan fingerprint density at radius 2 is 1.63 bits per heavy atom. The predicted molar refractivity (Wildman–Crippen MR) is 110 cm³/mol. The number of likely N-dealkylation sites (tertiary alicyclic amines) is 1. The van der Waals surface area contributed by atoms with Crippen LogP contribution in [0.5, 0.6) is 0 Å². The molecule has 1 amide bonds. The molecular formula is C21H18ClFN4O3. The molecule has 0 saturated carbocycles. The van der Waals surface area contributed by atoms with Crippen molar-refractivity contribution in [2.45, 2.75) is 19.4 Å². The molecule has 7 nitrogen and oxygen atoms in total. The lowest BCUT2D eigenvalue weighted by atomic mass is 10.2. The van der Waals surface area contributed by atoms with Crippen molar-refractivity contribution < 1.29 is 9.18 Å². The number of halogens is 2. The van der Waals surface area contributed by atoms with Gasteiger partial charge >= 0.3 is 5.69 Å². The molecule has 1 saturated heterocycles. The fourth-order valence-electron chi connectivity index (χ4n) is 3.38. The van der Waals surface area contributed by atoms with Crippen LogP contribution in [0.3, 0.4) is 0 Å². The van der Waals surface area contributed by atoms with Gasteiger partial charge in [-0.1, -0.05) is 23.7 Å². The summed E-state index contributed by atoms with van der Waals surface area (Å²) < 4.78 is 15.2. The Kier molecular flexibility index (Phi) is 5.50. The van der Waals surface area contributed by atoms with Crippen LogP contribution >= 0.6 is 11.6 Å². The Morgan fingerprint density at radius 3 is 2.27 bits per heavy atom. The van der Waals surface area contributed by atoms with Gasteiger partial charge in [0.05, 0.1) is 12.2 Å². The van der Waals surface area contributed by atoms with E-state index in [1.165, 1.54) is 24.3 Å². The van der Waals surface area contributed by atoms with Crippen molar-refractivity contribution >= 4 is 17.5 Å². The molecule has 2 aromatic carbocycles. The van der Waals surface area contributed by atoms with Gasteiger partial charge in [0.15, 0.2) is 0 Å². The van der Waals surface area contributed by atoms with Gasteiger partial charge in [-0.05, 0) is 54.8 Å². The van der Waals surface area contributed by atoms with E-state index < -0.39 is 23.0 Å². The molecule has 1 fully saturated rings. The minimum absolute atomic E-state index is 0.117. The number of aromatic nitrogens is 3. The number of carbonyl (C=O) groups is 1. The molecule has 0 aliphatic carbocycles. The summed E-state index contributed by atoms with van der Waals surface area (Å²) in [7, 11) is 0. The maximum Gasteiger partial charge on any atom is 0.352 e. The summed E-state index contributed by atoms with van der Waals surface area (Å²) in [4.78, 5) is 40.6. The van der Waals surface area contributed by atoms with Gasteiger partial charge in [0.25, 0.3) is 11.5 Å². The van der Waals surface area contributed by atoms with Crippen LogP contribution in [0.1, 0.15) is 28.9 Å². The Bertz CT molecular complexity index is 1200. The molecule has 0 radical (unpaired) electrons. The summed E-state index contributed by atoms with van der Waals surface area (Å²) in [6.45, 7) is 0.963. The third-order valence-corrected chi connectivity index (χ3v) is 5.23. The van der Waals surface area contributed by atoms with E-state index >= 15 is 0 Å². The van der Waals surface area contributed by atoms with Crippen LogP contribution in [-0.2, 0) is 6.54 Å². The first-order valence-electron chi connectivity index (χ1n) is 9.48. The van der Waals surface area contributed by atoms with Crippen molar-refractivity contribution in [3.63, 3.8) is 0 Å². The smallest absolute Gasteiger partial charge is 0.337 e. The monoisotopic (exact) mass is 428 g/mol. The number of nitrogens with zero attached hydrogens (tertiary/aromatic N) is 4. The van der Waals surface area contributed by atoms with Crippen molar-refractivity contribution in [1.82, 2.24) is 19.2 Å². The molecule has 0 atom stereocenters. The average molecular weight is 429 g/mol.